The molecule has 0 aliphatic rings. The summed E-state index contributed by atoms with van der Waals surface area (Å²) in [5, 5.41) is 6.35. The Labute approximate surface area is 108 Å². The zero-order valence-electron chi connectivity index (χ0n) is 11.4. The van der Waals surface area contributed by atoms with Gasteiger partial charge in [-0.15, -0.1) is 0 Å². The molecule has 0 aliphatic heterocycles. The van der Waals surface area contributed by atoms with Crippen LogP contribution in [0.5, 0.6) is 0 Å². The third kappa shape index (κ3) is 3.50. The lowest BCUT2D eigenvalue weighted by Crippen LogP contribution is -2.35. The molecule has 1 aromatic rings. The second-order valence-electron chi connectivity index (χ2n) is 4.91. The van der Waals surface area contributed by atoms with E-state index < -0.39 is 11.6 Å². The van der Waals surface area contributed by atoms with Crippen molar-refractivity contribution in [3.63, 3.8) is 0 Å². The summed E-state index contributed by atoms with van der Waals surface area (Å²) >= 11 is 0. The Morgan fingerprint density at radius 2 is 1.78 bits per heavy atom. The van der Waals surface area contributed by atoms with E-state index in [9.17, 15) is 8.78 Å². The minimum Gasteiger partial charge on any atom is -0.319 e. The van der Waals surface area contributed by atoms with Crippen LogP contribution in [0.2, 0.25) is 0 Å². The van der Waals surface area contributed by atoms with Crippen molar-refractivity contribution in [1.82, 2.24) is 10.6 Å². The van der Waals surface area contributed by atoms with Crippen molar-refractivity contribution in [2.45, 2.75) is 19.9 Å². The lowest BCUT2D eigenvalue weighted by Gasteiger charge is -2.30. The maximum absolute atomic E-state index is 13.3. The number of hydrogen-bond acceptors (Lipinski definition) is 2. The normalized spacial score (nSPS) is 14.8. The van der Waals surface area contributed by atoms with Gasteiger partial charge in [0.05, 0.1) is 0 Å². The van der Waals surface area contributed by atoms with Gasteiger partial charge in [-0.3, -0.25) is 0 Å². The molecule has 2 N–H and O–H groups in total. The maximum Gasteiger partial charge on any atom is 0.159 e. The van der Waals surface area contributed by atoms with E-state index in [1.54, 1.807) is 6.07 Å². The molecule has 0 spiro atoms. The first-order chi connectivity index (χ1) is 8.51. The Kier molecular flexibility index (Phi) is 5.69. The number of benzene rings is 1. The molecule has 0 radical (unpaired) electrons. The Morgan fingerprint density at radius 3 is 2.22 bits per heavy atom. The van der Waals surface area contributed by atoms with Crippen molar-refractivity contribution in [2.75, 3.05) is 20.6 Å². The van der Waals surface area contributed by atoms with Gasteiger partial charge < -0.3 is 10.6 Å². The molecular weight excluding hydrogens is 234 g/mol. The van der Waals surface area contributed by atoms with Crippen LogP contribution < -0.4 is 10.6 Å². The molecule has 0 heterocycles. The van der Waals surface area contributed by atoms with Crippen molar-refractivity contribution >= 4 is 0 Å². The summed E-state index contributed by atoms with van der Waals surface area (Å²) in [4.78, 5) is 0. The molecule has 2 atom stereocenters. The minimum absolute atomic E-state index is 0.00699. The van der Waals surface area contributed by atoms with Crippen molar-refractivity contribution in [2.24, 2.45) is 11.8 Å². The van der Waals surface area contributed by atoms with Crippen LogP contribution in [-0.4, -0.2) is 20.6 Å². The summed E-state index contributed by atoms with van der Waals surface area (Å²) in [5.74, 6) is -0.851. The fourth-order valence-electron chi connectivity index (χ4n) is 2.31. The van der Waals surface area contributed by atoms with E-state index in [1.165, 1.54) is 12.1 Å². The first-order valence-electron chi connectivity index (χ1n) is 6.28. The molecule has 4 heteroatoms. The number of halogens is 2. The quantitative estimate of drug-likeness (QED) is 0.817. The molecule has 2 unspecified atom stereocenters. The van der Waals surface area contributed by atoms with Gasteiger partial charge in [0.15, 0.2) is 11.6 Å². The molecule has 1 rings (SSSR count). The van der Waals surface area contributed by atoms with Gasteiger partial charge in [-0.1, -0.05) is 19.9 Å². The summed E-state index contributed by atoms with van der Waals surface area (Å²) in [5.41, 5.74) is 0.783. The largest absolute Gasteiger partial charge is 0.319 e. The van der Waals surface area contributed by atoms with Crippen molar-refractivity contribution in [3.8, 4) is 0 Å². The van der Waals surface area contributed by atoms with Gasteiger partial charge >= 0.3 is 0 Å². The van der Waals surface area contributed by atoms with Crippen molar-refractivity contribution in [1.29, 1.82) is 0 Å². The van der Waals surface area contributed by atoms with E-state index in [-0.39, 0.29) is 6.04 Å². The molecular formula is C14H22F2N2. The van der Waals surface area contributed by atoms with E-state index in [0.29, 0.717) is 11.8 Å². The third-order valence-corrected chi connectivity index (χ3v) is 3.34. The average Bonchev–Trinajstić information content (AvgIpc) is 2.33. The first kappa shape index (κ1) is 15.1. The topological polar surface area (TPSA) is 24.1 Å². The Balaban J connectivity index is 3.02. The molecule has 0 aliphatic carbocycles. The van der Waals surface area contributed by atoms with E-state index in [0.717, 1.165) is 12.1 Å². The number of hydrogen-bond donors (Lipinski definition) is 2. The second-order valence-corrected chi connectivity index (χ2v) is 4.91. The molecule has 0 aromatic heterocycles. The fourth-order valence-corrected chi connectivity index (χ4v) is 2.31. The van der Waals surface area contributed by atoms with Gasteiger partial charge in [0.2, 0.25) is 0 Å². The number of nitrogens with one attached hydrogen (secondary N) is 2. The molecule has 18 heavy (non-hydrogen) atoms. The lowest BCUT2D eigenvalue weighted by molar-refractivity contribution is 0.284. The lowest BCUT2D eigenvalue weighted by atomic mass is 9.84. The van der Waals surface area contributed by atoms with Gasteiger partial charge in [-0.05, 0) is 50.2 Å². The van der Waals surface area contributed by atoms with Crippen LogP contribution in [0, 0.1) is 23.5 Å². The van der Waals surface area contributed by atoms with Crippen LogP contribution in [0.4, 0.5) is 8.78 Å². The fraction of sp³-hybridized carbons (Fsp3) is 0.571. The molecule has 0 fully saturated rings. The minimum atomic E-state index is -0.802. The summed E-state index contributed by atoms with van der Waals surface area (Å²) in [6.07, 6.45) is 0. The van der Waals surface area contributed by atoms with Crippen LogP contribution in [0.15, 0.2) is 18.2 Å². The zero-order chi connectivity index (χ0) is 13.7. The second kappa shape index (κ2) is 6.81. The maximum atomic E-state index is 13.3. The van der Waals surface area contributed by atoms with E-state index in [1.807, 2.05) is 14.1 Å². The third-order valence-electron chi connectivity index (χ3n) is 3.34. The van der Waals surface area contributed by atoms with Crippen molar-refractivity contribution < 1.29 is 8.78 Å². The van der Waals surface area contributed by atoms with Crippen LogP contribution in [0.3, 0.4) is 0 Å². The highest BCUT2D eigenvalue weighted by atomic mass is 19.2. The van der Waals surface area contributed by atoms with Gasteiger partial charge in [-0.25, -0.2) is 8.78 Å². The molecule has 0 saturated carbocycles. The molecule has 0 bridgehead atoms. The van der Waals surface area contributed by atoms with Crippen LogP contribution >= 0.6 is 0 Å². The monoisotopic (exact) mass is 256 g/mol. The first-order valence-corrected chi connectivity index (χ1v) is 6.28. The SMILES string of the molecule is CNCC(C(C)C)C(NC)c1ccc(F)c(F)c1. The highest BCUT2D eigenvalue weighted by Crippen LogP contribution is 2.28. The van der Waals surface area contributed by atoms with E-state index in [2.05, 4.69) is 24.5 Å². The average molecular weight is 256 g/mol. The Bertz CT molecular complexity index is 380. The summed E-state index contributed by atoms with van der Waals surface area (Å²) in [6.45, 7) is 5.08. The Morgan fingerprint density at radius 1 is 1.11 bits per heavy atom. The smallest absolute Gasteiger partial charge is 0.159 e. The summed E-state index contributed by atoms with van der Waals surface area (Å²) < 4.78 is 26.3. The predicted molar refractivity (Wildman–Crippen MR) is 70.4 cm³/mol. The van der Waals surface area contributed by atoms with Crippen LogP contribution in [0.1, 0.15) is 25.5 Å². The summed E-state index contributed by atoms with van der Waals surface area (Å²) in [7, 11) is 3.74. The Hall–Kier alpha value is -1.00. The molecule has 0 amide bonds. The highest BCUT2D eigenvalue weighted by molar-refractivity contribution is 5.22. The van der Waals surface area contributed by atoms with Gasteiger partial charge in [0.1, 0.15) is 0 Å². The molecule has 102 valence electrons. The zero-order valence-corrected chi connectivity index (χ0v) is 11.4. The molecule has 2 nitrogen and oxygen atoms in total. The number of rotatable bonds is 6. The van der Waals surface area contributed by atoms with E-state index in [4.69, 9.17) is 0 Å². The standard InChI is InChI=1S/C14H22F2N2/c1-9(2)11(8-17-3)14(18-4)10-5-6-12(15)13(16)7-10/h5-7,9,11,14,17-18H,8H2,1-4H3. The molecule has 1 aromatic carbocycles. The van der Waals surface area contributed by atoms with Crippen molar-refractivity contribution in [3.05, 3.63) is 35.4 Å². The summed E-state index contributed by atoms with van der Waals surface area (Å²) in [6, 6.07) is 4.12. The van der Waals surface area contributed by atoms with E-state index >= 15 is 0 Å². The van der Waals surface area contributed by atoms with Gasteiger partial charge in [0.25, 0.3) is 0 Å². The van der Waals surface area contributed by atoms with Crippen LogP contribution in [0.25, 0.3) is 0 Å². The predicted octanol–water partition coefficient (Wildman–Crippen LogP) is 2.72. The van der Waals surface area contributed by atoms with Crippen LogP contribution in [-0.2, 0) is 0 Å². The highest BCUT2D eigenvalue weighted by Gasteiger charge is 2.24. The van der Waals surface area contributed by atoms with Gasteiger partial charge in [-0.2, -0.15) is 0 Å². The molecule has 0 saturated heterocycles. The van der Waals surface area contributed by atoms with Gasteiger partial charge in [0, 0.05) is 6.04 Å².